The number of hydrogen-bond donors (Lipinski definition) is 4. The summed E-state index contributed by atoms with van der Waals surface area (Å²) in [5, 5.41) is 29.7. The van der Waals surface area contributed by atoms with Gasteiger partial charge in [-0.15, -0.1) is 0 Å². The summed E-state index contributed by atoms with van der Waals surface area (Å²) in [4.78, 5) is 11.7. The van der Waals surface area contributed by atoms with E-state index in [9.17, 15) is 23.9 Å². The normalized spacial score (nSPS) is 17.6. The van der Waals surface area contributed by atoms with Crippen LogP contribution in [0.3, 0.4) is 0 Å². The van der Waals surface area contributed by atoms with Gasteiger partial charge in [0, 0.05) is 44.2 Å². The third-order valence-corrected chi connectivity index (χ3v) is 6.55. The number of amides is 1. The molecule has 3 rings (SSSR count). The Morgan fingerprint density at radius 1 is 1.23 bits per heavy atom. The summed E-state index contributed by atoms with van der Waals surface area (Å²) in [6.45, 7) is 6.51. The molecule has 2 aromatic rings. The molecule has 35 heavy (non-hydrogen) atoms. The van der Waals surface area contributed by atoms with E-state index in [2.05, 4.69) is 48.0 Å². The molecule has 0 aromatic heterocycles. The molecule has 1 aliphatic rings. The Labute approximate surface area is 205 Å². The molecule has 0 aliphatic carbocycles. The summed E-state index contributed by atoms with van der Waals surface area (Å²) in [6, 6.07) is 11.0. The summed E-state index contributed by atoms with van der Waals surface area (Å²) in [5.41, 5.74) is 3.56. The van der Waals surface area contributed by atoms with Gasteiger partial charge in [-0.3, -0.25) is 4.79 Å². The first-order chi connectivity index (χ1) is 16.7. The highest BCUT2D eigenvalue weighted by molar-refractivity contribution is 5.73. The molecule has 8 heteroatoms. The Morgan fingerprint density at radius 3 is 2.57 bits per heavy atom. The largest absolute Gasteiger partial charge is 0.390 e. The summed E-state index contributed by atoms with van der Waals surface area (Å²) >= 11 is 0. The smallest absolute Gasteiger partial charge is 0.217 e. The van der Waals surface area contributed by atoms with Crippen LogP contribution in [0.15, 0.2) is 36.4 Å². The van der Waals surface area contributed by atoms with Gasteiger partial charge in [0.2, 0.25) is 5.91 Å². The molecule has 0 radical (unpaired) electrons. The van der Waals surface area contributed by atoms with Crippen molar-refractivity contribution in [2.45, 2.75) is 64.1 Å². The number of carbonyl (C=O) groups is 1. The van der Waals surface area contributed by atoms with E-state index in [-0.39, 0.29) is 30.8 Å². The zero-order valence-corrected chi connectivity index (χ0v) is 20.4. The number of fused-ring (bicyclic) bond motifs is 1. The summed E-state index contributed by atoms with van der Waals surface area (Å²) in [6.07, 6.45) is 0.357. The van der Waals surface area contributed by atoms with Gasteiger partial charge in [-0.05, 0) is 59.6 Å². The highest BCUT2D eigenvalue weighted by atomic mass is 19.1. The van der Waals surface area contributed by atoms with E-state index in [0.29, 0.717) is 17.9 Å². The third kappa shape index (κ3) is 7.23. The second-order valence-electron chi connectivity index (χ2n) is 9.59. The molecule has 6 nitrogen and oxygen atoms in total. The van der Waals surface area contributed by atoms with Crippen molar-refractivity contribution < 1.29 is 18.7 Å². The minimum absolute atomic E-state index is 0.0275. The number of nitriles is 1. The van der Waals surface area contributed by atoms with Crippen molar-refractivity contribution in [2.75, 3.05) is 18.4 Å². The van der Waals surface area contributed by atoms with Gasteiger partial charge < -0.3 is 21.1 Å². The number of benzene rings is 2. The van der Waals surface area contributed by atoms with Crippen LogP contribution in [-0.2, 0) is 11.2 Å². The number of anilines is 1. The van der Waals surface area contributed by atoms with E-state index in [4.69, 9.17) is 0 Å². The monoisotopic (exact) mass is 484 g/mol. The van der Waals surface area contributed by atoms with Gasteiger partial charge in [0.1, 0.15) is 11.6 Å². The fourth-order valence-corrected chi connectivity index (χ4v) is 4.75. The van der Waals surface area contributed by atoms with E-state index in [1.165, 1.54) is 19.1 Å². The van der Waals surface area contributed by atoms with Crippen LogP contribution < -0.4 is 16.0 Å². The highest BCUT2D eigenvalue weighted by Crippen LogP contribution is 2.35. The molecule has 1 aliphatic heterocycles. The average Bonchev–Trinajstić information content (AvgIpc) is 2.79. The maximum atomic E-state index is 13.6. The van der Waals surface area contributed by atoms with Crippen molar-refractivity contribution in [3.05, 3.63) is 64.7 Å². The quantitative estimate of drug-likeness (QED) is 0.406. The molecular weight excluding hydrogens is 450 g/mol. The first-order valence-corrected chi connectivity index (χ1v) is 12.1. The Morgan fingerprint density at radius 2 is 1.94 bits per heavy atom. The molecule has 188 valence electrons. The molecule has 0 fully saturated rings. The number of hydrogen-bond acceptors (Lipinski definition) is 5. The van der Waals surface area contributed by atoms with Crippen LogP contribution in [-0.4, -0.2) is 36.2 Å². The standard InChI is InChI=1S/C27H34F2N4O2/c1-16(2)22(6-8-30)19-4-5-24-23(13-19)25(7-9-31-24)32-15-27(35)26(33-17(3)34)12-18-10-20(28)14-21(29)11-18/h4-5,10-11,13-14,16,22,25-27,31-32,35H,6-7,9,12,15H2,1-3H3,(H,33,34)/t22?,25-,26-,27+/m0/s1. The number of halogens is 2. The molecule has 0 spiro atoms. The second kappa shape index (κ2) is 12.1. The zero-order valence-electron chi connectivity index (χ0n) is 20.4. The molecular formula is C27H34F2N4O2. The van der Waals surface area contributed by atoms with Crippen LogP contribution in [0.2, 0.25) is 0 Å². The SMILES string of the molecule is CC(=O)N[C@@H](Cc1cc(F)cc(F)c1)[C@H](O)CN[C@H]1CCNc2ccc(C(CC#N)C(C)C)cc21. The molecule has 0 saturated heterocycles. The van der Waals surface area contributed by atoms with Crippen molar-refractivity contribution in [3.63, 3.8) is 0 Å². The van der Waals surface area contributed by atoms with E-state index in [1.807, 2.05) is 6.07 Å². The second-order valence-corrected chi connectivity index (χ2v) is 9.59. The lowest BCUT2D eigenvalue weighted by Crippen LogP contribution is -2.48. The molecule has 1 unspecified atom stereocenters. The van der Waals surface area contributed by atoms with Gasteiger partial charge in [0.15, 0.2) is 0 Å². The lowest BCUT2D eigenvalue weighted by Gasteiger charge is -2.31. The Hall–Kier alpha value is -3.02. The van der Waals surface area contributed by atoms with E-state index in [0.717, 1.165) is 35.8 Å². The Bertz CT molecular complexity index is 1050. The first-order valence-electron chi connectivity index (χ1n) is 12.1. The van der Waals surface area contributed by atoms with E-state index in [1.54, 1.807) is 0 Å². The maximum Gasteiger partial charge on any atom is 0.217 e. The number of carbonyl (C=O) groups excluding carboxylic acids is 1. The average molecular weight is 485 g/mol. The van der Waals surface area contributed by atoms with Gasteiger partial charge in [-0.25, -0.2) is 8.78 Å². The lowest BCUT2D eigenvalue weighted by molar-refractivity contribution is -0.120. The zero-order chi connectivity index (χ0) is 25.5. The Kier molecular flexibility index (Phi) is 9.19. The van der Waals surface area contributed by atoms with Crippen molar-refractivity contribution in [3.8, 4) is 6.07 Å². The number of nitrogens with zero attached hydrogens (tertiary/aromatic N) is 1. The fourth-order valence-electron chi connectivity index (χ4n) is 4.75. The topological polar surface area (TPSA) is 97.2 Å². The number of nitrogens with one attached hydrogen (secondary N) is 3. The van der Waals surface area contributed by atoms with Gasteiger partial charge in [-0.1, -0.05) is 26.0 Å². The first kappa shape index (κ1) is 26.6. The van der Waals surface area contributed by atoms with Crippen LogP contribution in [0.5, 0.6) is 0 Å². The number of rotatable bonds is 10. The van der Waals surface area contributed by atoms with Crippen molar-refractivity contribution in [2.24, 2.45) is 5.92 Å². The van der Waals surface area contributed by atoms with Gasteiger partial charge in [0.05, 0.1) is 18.2 Å². The summed E-state index contributed by atoms with van der Waals surface area (Å²) in [5.74, 6) is -1.28. The number of aliphatic hydroxyl groups excluding tert-OH is 1. The third-order valence-electron chi connectivity index (χ3n) is 6.55. The molecule has 1 amide bonds. The van der Waals surface area contributed by atoms with Crippen molar-refractivity contribution in [1.29, 1.82) is 5.26 Å². The lowest BCUT2D eigenvalue weighted by atomic mass is 9.83. The van der Waals surface area contributed by atoms with Gasteiger partial charge in [-0.2, -0.15) is 5.26 Å². The minimum Gasteiger partial charge on any atom is -0.390 e. The molecule has 4 N–H and O–H groups in total. The maximum absolute atomic E-state index is 13.6. The van der Waals surface area contributed by atoms with Crippen molar-refractivity contribution in [1.82, 2.24) is 10.6 Å². The Balaban J connectivity index is 1.74. The van der Waals surface area contributed by atoms with Crippen LogP contribution in [0.4, 0.5) is 14.5 Å². The fraction of sp³-hybridized carbons (Fsp3) is 0.481. The van der Waals surface area contributed by atoms with Crippen molar-refractivity contribution >= 4 is 11.6 Å². The van der Waals surface area contributed by atoms with Crippen LogP contribution in [0, 0.1) is 28.9 Å². The summed E-state index contributed by atoms with van der Waals surface area (Å²) < 4.78 is 27.3. The van der Waals surface area contributed by atoms with E-state index < -0.39 is 23.8 Å². The summed E-state index contributed by atoms with van der Waals surface area (Å²) in [7, 11) is 0. The predicted octanol–water partition coefficient (Wildman–Crippen LogP) is 4.17. The molecule has 4 atom stereocenters. The van der Waals surface area contributed by atoms with Gasteiger partial charge >= 0.3 is 0 Å². The van der Waals surface area contributed by atoms with Crippen LogP contribution in [0.1, 0.15) is 62.3 Å². The van der Waals surface area contributed by atoms with E-state index >= 15 is 0 Å². The highest BCUT2D eigenvalue weighted by Gasteiger charge is 2.26. The predicted molar refractivity (Wildman–Crippen MR) is 132 cm³/mol. The molecule has 0 bridgehead atoms. The van der Waals surface area contributed by atoms with Crippen LogP contribution in [0.25, 0.3) is 0 Å². The number of aliphatic hydroxyl groups is 1. The van der Waals surface area contributed by atoms with Gasteiger partial charge in [0.25, 0.3) is 0 Å². The van der Waals surface area contributed by atoms with Crippen LogP contribution >= 0.6 is 0 Å². The molecule has 1 heterocycles. The molecule has 0 saturated carbocycles. The molecule has 2 aromatic carbocycles. The minimum atomic E-state index is -0.978.